The first kappa shape index (κ1) is 17.6. The molecule has 0 aliphatic carbocycles. The minimum Gasteiger partial charge on any atom is -0.335 e. The van der Waals surface area contributed by atoms with Gasteiger partial charge in [0.15, 0.2) is 0 Å². The first-order valence-corrected chi connectivity index (χ1v) is 9.56. The van der Waals surface area contributed by atoms with E-state index in [0.29, 0.717) is 6.42 Å². The van der Waals surface area contributed by atoms with Gasteiger partial charge in [0.25, 0.3) is 0 Å². The Morgan fingerprint density at radius 2 is 1.85 bits per heavy atom. The van der Waals surface area contributed by atoms with E-state index in [4.69, 9.17) is 0 Å². The van der Waals surface area contributed by atoms with Gasteiger partial charge in [-0.15, -0.1) is 0 Å². The molecule has 3 heterocycles. The molecule has 1 fully saturated rings. The molecule has 0 N–H and O–H groups in total. The fourth-order valence-corrected chi connectivity index (χ4v) is 4.21. The van der Waals surface area contributed by atoms with Gasteiger partial charge < -0.3 is 9.47 Å². The maximum absolute atomic E-state index is 13.0. The van der Waals surface area contributed by atoms with Crippen LogP contribution in [0, 0.1) is 13.8 Å². The average molecular weight is 362 g/mol. The second-order valence-corrected chi connectivity index (χ2v) is 7.39. The van der Waals surface area contributed by atoms with Gasteiger partial charge in [0, 0.05) is 42.9 Å². The van der Waals surface area contributed by atoms with Crippen LogP contribution in [0.3, 0.4) is 0 Å². The zero-order chi connectivity index (χ0) is 19.0. The summed E-state index contributed by atoms with van der Waals surface area (Å²) in [4.78, 5) is 15.1. The molecule has 5 heteroatoms. The highest BCUT2D eigenvalue weighted by molar-refractivity contribution is 5.79. The van der Waals surface area contributed by atoms with Crippen LogP contribution in [0.15, 0.2) is 48.8 Å². The lowest BCUT2D eigenvalue weighted by Crippen LogP contribution is -2.32. The normalized spacial score (nSPS) is 16.9. The van der Waals surface area contributed by atoms with Crippen LogP contribution in [0.1, 0.15) is 41.4 Å². The Balaban J connectivity index is 1.50. The van der Waals surface area contributed by atoms with Crippen LogP contribution in [0.2, 0.25) is 0 Å². The van der Waals surface area contributed by atoms with Crippen LogP contribution in [0.25, 0.3) is 5.69 Å². The summed E-state index contributed by atoms with van der Waals surface area (Å²) in [6.07, 6.45) is 6.56. The fraction of sp³-hybridized carbons (Fsp3) is 0.364. The Labute approximate surface area is 160 Å². The number of aryl methyl sites for hydroxylation is 2. The molecule has 27 heavy (non-hydrogen) atoms. The predicted octanol–water partition coefficient (Wildman–Crippen LogP) is 3.73. The van der Waals surface area contributed by atoms with Gasteiger partial charge in [-0.25, -0.2) is 0 Å². The lowest BCUT2D eigenvalue weighted by molar-refractivity contribution is -0.131. The summed E-state index contributed by atoms with van der Waals surface area (Å²) in [5.41, 5.74) is 5.59. The number of rotatable bonds is 4. The van der Waals surface area contributed by atoms with Crippen LogP contribution in [0.4, 0.5) is 0 Å². The van der Waals surface area contributed by atoms with Gasteiger partial charge in [-0.2, -0.15) is 5.10 Å². The van der Waals surface area contributed by atoms with E-state index in [1.165, 1.54) is 5.56 Å². The van der Waals surface area contributed by atoms with Crippen molar-refractivity contribution in [2.24, 2.45) is 7.05 Å². The minimum atomic E-state index is 0.158. The van der Waals surface area contributed by atoms with E-state index >= 15 is 0 Å². The Bertz CT molecular complexity index is 938. The Morgan fingerprint density at radius 3 is 2.48 bits per heavy atom. The van der Waals surface area contributed by atoms with Crippen LogP contribution in [0.5, 0.6) is 0 Å². The predicted molar refractivity (Wildman–Crippen MR) is 106 cm³/mol. The maximum Gasteiger partial charge on any atom is 0.227 e. The lowest BCUT2D eigenvalue weighted by atomic mass is 10.0. The molecule has 2 aromatic heterocycles. The molecule has 1 saturated heterocycles. The molecule has 140 valence electrons. The number of hydrogen-bond acceptors (Lipinski definition) is 2. The van der Waals surface area contributed by atoms with Gasteiger partial charge in [0.1, 0.15) is 0 Å². The van der Waals surface area contributed by atoms with E-state index in [1.54, 1.807) is 0 Å². The van der Waals surface area contributed by atoms with Gasteiger partial charge in [-0.1, -0.05) is 12.1 Å². The van der Waals surface area contributed by atoms with Gasteiger partial charge in [-0.3, -0.25) is 9.48 Å². The molecule has 1 aliphatic heterocycles. The van der Waals surface area contributed by atoms with Crippen molar-refractivity contribution >= 4 is 5.91 Å². The van der Waals surface area contributed by atoms with E-state index in [2.05, 4.69) is 45.8 Å². The molecule has 1 amide bonds. The number of likely N-dealkylation sites (tertiary alicyclic amines) is 1. The van der Waals surface area contributed by atoms with Crippen LogP contribution >= 0.6 is 0 Å². The topological polar surface area (TPSA) is 43.1 Å². The molecule has 1 unspecified atom stereocenters. The molecule has 0 saturated carbocycles. The first-order chi connectivity index (χ1) is 13.0. The summed E-state index contributed by atoms with van der Waals surface area (Å²) in [6, 6.07) is 12.4. The van der Waals surface area contributed by atoms with Gasteiger partial charge in [0.2, 0.25) is 5.91 Å². The molecule has 0 spiro atoms. The Kier molecular flexibility index (Phi) is 4.60. The van der Waals surface area contributed by atoms with Crippen LogP contribution in [-0.4, -0.2) is 31.7 Å². The summed E-state index contributed by atoms with van der Waals surface area (Å²) in [5.74, 6) is 0.203. The molecular weight excluding hydrogens is 336 g/mol. The molecule has 3 aromatic rings. The van der Waals surface area contributed by atoms with Crippen molar-refractivity contribution in [3.63, 3.8) is 0 Å². The molecule has 0 bridgehead atoms. The number of nitrogens with zero attached hydrogens (tertiary/aromatic N) is 4. The summed E-state index contributed by atoms with van der Waals surface area (Å²) in [7, 11) is 1.97. The second-order valence-electron chi connectivity index (χ2n) is 7.39. The maximum atomic E-state index is 13.0. The average Bonchev–Trinajstić information content (AvgIpc) is 3.38. The molecule has 1 atom stereocenters. The van der Waals surface area contributed by atoms with Crippen LogP contribution in [-0.2, 0) is 18.3 Å². The highest BCUT2D eigenvalue weighted by Gasteiger charge is 2.33. The van der Waals surface area contributed by atoms with E-state index in [1.807, 2.05) is 43.2 Å². The third kappa shape index (κ3) is 3.29. The Hall–Kier alpha value is -2.82. The Morgan fingerprint density at radius 1 is 1.15 bits per heavy atom. The van der Waals surface area contributed by atoms with Gasteiger partial charge >= 0.3 is 0 Å². The molecule has 1 aliphatic rings. The monoisotopic (exact) mass is 362 g/mol. The van der Waals surface area contributed by atoms with Gasteiger partial charge in [-0.05, 0) is 56.5 Å². The third-order valence-electron chi connectivity index (χ3n) is 5.67. The van der Waals surface area contributed by atoms with Gasteiger partial charge in [0.05, 0.1) is 18.2 Å². The highest BCUT2D eigenvalue weighted by atomic mass is 16.2. The van der Waals surface area contributed by atoms with Crippen molar-refractivity contribution in [3.05, 3.63) is 71.3 Å². The first-order valence-electron chi connectivity index (χ1n) is 9.56. The number of carbonyl (C=O) groups is 1. The fourth-order valence-electron chi connectivity index (χ4n) is 4.21. The minimum absolute atomic E-state index is 0.158. The van der Waals surface area contributed by atoms with Crippen LogP contribution < -0.4 is 0 Å². The number of aromatic nitrogens is 3. The summed E-state index contributed by atoms with van der Waals surface area (Å²) in [6.45, 7) is 4.97. The second kappa shape index (κ2) is 7.06. The molecule has 5 nitrogen and oxygen atoms in total. The van der Waals surface area contributed by atoms with Crippen molar-refractivity contribution in [1.82, 2.24) is 19.2 Å². The van der Waals surface area contributed by atoms with E-state index in [0.717, 1.165) is 42.0 Å². The smallest absolute Gasteiger partial charge is 0.227 e. The molecule has 0 radical (unpaired) electrons. The SMILES string of the molecule is Cc1nn(C)c(C)c1C1CCCN1C(=O)Cc1ccc(-n2cccc2)cc1. The molecular formula is C22H26N4O. The number of amides is 1. The molecule has 1 aromatic carbocycles. The van der Waals surface area contributed by atoms with Crippen molar-refractivity contribution in [2.75, 3.05) is 6.54 Å². The quantitative estimate of drug-likeness (QED) is 0.710. The number of carbonyl (C=O) groups excluding carboxylic acids is 1. The highest BCUT2D eigenvalue weighted by Crippen LogP contribution is 2.35. The van der Waals surface area contributed by atoms with E-state index < -0.39 is 0 Å². The van der Waals surface area contributed by atoms with Crippen molar-refractivity contribution < 1.29 is 4.79 Å². The van der Waals surface area contributed by atoms with Crippen molar-refractivity contribution in [1.29, 1.82) is 0 Å². The van der Waals surface area contributed by atoms with E-state index in [-0.39, 0.29) is 11.9 Å². The number of benzene rings is 1. The van der Waals surface area contributed by atoms with Crippen molar-refractivity contribution in [3.8, 4) is 5.69 Å². The largest absolute Gasteiger partial charge is 0.335 e. The number of hydrogen-bond donors (Lipinski definition) is 0. The zero-order valence-corrected chi connectivity index (χ0v) is 16.2. The summed E-state index contributed by atoms with van der Waals surface area (Å²) in [5, 5.41) is 4.54. The summed E-state index contributed by atoms with van der Waals surface area (Å²) < 4.78 is 3.99. The van der Waals surface area contributed by atoms with Crippen molar-refractivity contribution in [2.45, 2.75) is 39.2 Å². The molecule has 4 rings (SSSR count). The summed E-state index contributed by atoms with van der Waals surface area (Å²) >= 11 is 0. The van der Waals surface area contributed by atoms with E-state index in [9.17, 15) is 4.79 Å². The lowest BCUT2D eigenvalue weighted by Gasteiger charge is -2.25. The zero-order valence-electron chi connectivity index (χ0n) is 16.2. The third-order valence-corrected chi connectivity index (χ3v) is 5.67. The standard InChI is InChI=1S/C22H26N4O/c1-16-22(17(2)24(3)23-16)20-7-6-14-26(20)21(27)15-18-8-10-19(11-9-18)25-12-4-5-13-25/h4-5,8-13,20H,6-7,14-15H2,1-3H3.